The van der Waals surface area contributed by atoms with Gasteiger partial charge >= 0.3 is 0 Å². The van der Waals surface area contributed by atoms with E-state index in [2.05, 4.69) is 15.6 Å². The average molecular weight is 359 g/mol. The molecule has 3 rings (SSSR count). The van der Waals surface area contributed by atoms with Gasteiger partial charge in [0.25, 0.3) is 5.91 Å². The van der Waals surface area contributed by atoms with Crippen LogP contribution in [0.15, 0.2) is 6.33 Å². The number of thioether (sulfide) groups is 1. The Labute approximate surface area is 142 Å². The van der Waals surface area contributed by atoms with Gasteiger partial charge in [-0.25, -0.2) is 4.98 Å². The normalized spacial score (nSPS) is 32.3. The predicted octanol–water partition coefficient (Wildman–Crippen LogP) is -1.72. The maximum Gasteiger partial charge on any atom is 0.276 e. The van der Waals surface area contributed by atoms with Crippen LogP contribution < -0.4 is 16.4 Å². The summed E-state index contributed by atoms with van der Waals surface area (Å²) in [4.78, 5) is 16.1. The molecule has 11 heteroatoms. The standard InChI is InChI=1S/C13H21N5O5S/c1-22-2-3-23-9-8(20)6(4-19)24-12(9)18-5-15-7-10(18)16-13(14)17-11(7)21/h5-6,8-9,12-13,16,19-20H,2-4,14H2,1H3,(H,17,21)/t6-,8+,9?,12-,13?/m1/s1. The Morgan fingerprint density at radius 1 is 1.46 bits per heavy atom. The first kappa shape index (κ1) is 17.5. The lowest BCUT2D eigenvalue weighted by Crippen LogP contribution is -2.51. The smallest absolute Gasteiger partial charge is 0.276 e. The maximum absolute atomic E-state index is 12.0. The molecule has 10 nitrogen and oxygen atoms in total. The van der Waals surface area contributed by atoms with Crippen molar-refractivity contribution in [3.63, 3.8) is 0 Å². The number of aliphatic hydroxyl groups excluding tert-OH is 2. The zero-order valence-corrected chi connectivity index (χ0v) is 13.9. The fraction of sp³-hybridized carbons (Fsp3) is 0.692. The average Bonchev–Trinajstić information content (AvgIpc) is 3.09. The topological polar surface area (TPSA) is 144 Å². The fourth-order valence-corrected chi connectivity index (χ4v) is 4.24. The Kier molecular flexibility index (Phi) is 5.27. The van der Waals surface area contributed by atoms with Crippen molar-refractivity contribution in [3.8, 4) is 0 Å². The number of nitrogens with two attached hydrogens (primary N) is 1. The van der Waals surface area contributed by atoms with Gasteiger partial charge in [0.2, 0.25) is 0 Å². The molecule has 0 spiro atoms. The van der Waals surface area contributed by atoms with Crippen molar-refractivity contribution in [1.29, 1.82) is 0 Å². The zero-order chi connectivity index (χ0) is 17.3. The molecule has 1 aromatic rings. The number of nitrogens with one attached hydrogen (secondary N) is 2. The maximum atomic E-state index is 12.0. The lowest BCUT2D eigenvalue weighted by atomic mass is 10.1. The summed E-state index contributed by atoms with van der Waals surface area (Å²) in [6.07, 6.45) is -0.653. The van der Waals surface area contributed by atoms with Crippen LogP contribution in [0, 0.1) is 0 Å². The molecular formula is C13H21N5O5S. The molecule has 3 heterocycles. The second-order valence-corrected chi connectivity index (χ2v) is 6.87. The first-order valence-electron chi connectivity index (χ1n) is 7.51. The minimum absolute atomic E-state index is 0.184. The van der Waals surface area contributed by atoms with Crippen LogP contribution >= 0.6 is 11.8 Å². The summed E-state index contributed by atoms with van der Waals surface area (Å²) >= 11 is 1.36. The first-order valence-corrected chi connectivity index (χ1v) is 8.45. The number of hydrogen-bond acceptors (Lipinski definition) is 9. The molecule has 1 amide bonds. The number of fused-ring (bicyclic) bond motifs is 1. The summed E-state index contributed by atoms with van der Waals surface area (Å²) in [5.41, 5.74) is 5.98. The number of aliphatic hydroxyl groups is 2. The number of carbonyl (C=O) groups excluding carboxylic acids is 1. The van der Waals surface area contributed by atoms with Gasteiger partial charge < -0.3 is 34.9 Å². The van der Waals surface area contributed by atoms with Crippen molar-refractivity contribution in [1.82, 2.24) is 14.9 Å². The van der Waals surface area contributed by atoms with Gasteiger partial charge in [0, 0.05) is 7.11 Å². The number of carbonyl (C=O) groups is 1. The molecule has 1 fully saturated rings. The van der Waals surface area contributed by atoms with Gasteiger partial charge in [-0.2, -0.15) is 0 Å². The Bertz CT molecular complexity index is 599. The molecule has 5 atom stereocenters. The van der Waals surface area contributed by atoms with Crippen LogP contribution in [0.2, 0.25) is 0 Å². The van der Waals surface area contributed by atoms with Crippen molar-refractivity contribution >= 4 is 23.5 Å². The zero-order valence-electron chi connectivity index (χ0n) is 13.1. The monoisotopic (exact) mass is 359 g/mol. The van der Waals surface area contributed by atoms with Crippen LogP contribution in [0.1, 0.15) is 15.9 Å². The van der Waals surface area contributed by atoms with E-state index in [-0.39, 0.29) is 23.6 Å². The summed E-state index contributed by atoms with van der Waals surface area (Å²) in [7, 11) is 1.56. The third-order valence-corrected chi connectivity index (χ3v) is 5.50. The highest BCUT2D eigenvalue weighted by Crippen LogP contribution is 2.45. The van der Waals surface area contributed by atoms with Crippen LogP contribution in [0.3, 0.4) is 0 Å². The molecule has 0 aromatic carbocycles. The Hall–Kier alpha value is -1.37. The molecular weight excluding hydrogens is 338 g/mol. The lowest BCUT2D eigenvalue weighted by Gasteiger charge is -2.27. The van der Waals surface area contributed by atoms with Crippen molar-refractivity contribution in [2.45, 2.75) is 29.1 Å². The van der Waals surface area contributed by atoms with Crippen molar-refractivity contribution in [2.75, 3.05) is 32.2 Å². The van der Waals surface area contributed by atoms with Crippen molar-refractivity contribution in [3.05, 3.63) is 12.0 Å². The van der Waals surface area contributed by atoms with Gasteiger partial charge in [0.15, 0.2) is 12.0 Å². The summed E-state index contributed by atoms with van der Waals surface area (Å²) in [6.45, 7) is 0.506. The minimum Gasteiger partial charge on any atom is -0.395 e. The van der Waals surface area contributed by atoms with Crippen LogP contribution in [0.5, 0.6) is 0 Å². The molecule has 0 bridgehead atoms. The van der Waals surface area contributed by atoms with Gasteiger partial charge in [-0.3, -0.25) is 10.5 Å². The third-order valence-electron chi connectivity index (χ3n) is 3.95. The quantitative estimate of drug-likeness (QED) is 0.375. The molecule has 6 N–H and O–H groups in total. The molecule has 0 aliphatic carbocycles. The molecule has 24 heavy (non-hydrogen) atoms. The third kappa shape index (κ3) is 3.10. The number of nitrogens with zero attached hydrogens (tertiary/aromatic N) is 2. The van der Waals surface area contributed by atoms with Gasteiger partial charge in [-0.1, -0.05) is 0 Å². The molecule has 0 radical (unpaired) electrons. The number of methoxy groups -OCH3 is 1. The highest BCUT2D eigenvalue weighted by atomic mass is 32.2. The van der Waals surface area contributed by atoms with Crippen LogP contribution in [0.4, 0.5) is 5.82 Å². The van der Waals surface area contributed by atoms with Crippen molar-refractivity contribution in [2.24, 2.45) is 5.73 Å². The number of amides is 1. The molecule has 1 aromatic heterocycles. The van der Waals surface area contributed by atoms with Crippen LogP contribution in [-0.4, -0.2) is 76.3 Å². The van der Waals surface area contributed by atoms with E-state index in [4.69, 9.17) is 15.2 Å². The SMILES string of the molecule is COCCOC1[C@@H](O)[C@@H](CO)S[C@H]1n1cnc2c1NC(N)NC2=O. The largest absolute Gasteiger partial charge is 0.395 e. The van der Waals surface area contributed by atoms with Crippen LogP contribution in [-0.2, 0) is 9.47 Å². The number of hydrogen-bond donors (Lipinski definition) is 5. The van der Waals surface area contributed by atoms with Gasteiger partial charge in [0.05, 0.1) is 37.5 Å². The molecule has 2 aliphatic rings. The van der Waals surface area contributed by atoms with Gasteiger partial charge in [-0.15, -0.1) is 11.8 Å². The summed E-state index contributed by atoms with van der Waals surface area (Å²) in [5, 5.41) is 24.6. The predicted molar refractivity (Wildman–Crippen MR) is 86.4 cm³/mol. The molecule has 0 saturated carbocycles. The summed E-state index contributed by atoms with van der Waals surface area (Å²) in [5.74, 6) is 0.101. The van der Waals surface area contributed by atoms with Crippen molar-refractivity contribution < 1.29 is 24.5 Å². The van der Waals surface area contributed by atoms with E-state index in [0.717, 1.165) is 0 Å². The Morgan fingerprint density at radius 3 is 2.96 bits per heavy atom. The Morgan fingerprint density at radius 2 is 2.25 bits per heavy atom. The second-order valence-electron chi connectivity index (χ2n) is 5.51. The van der Waals surface area contributed by atoms with E-state index < -0.39 is 23.7 Å². The minimum atomic E-state index is -0.856. The molecule has 2 aliphatic heterocycles. The van der Waals surface area contributed by atoms with E-state index in [1.165, 1.54) is 18.1 Å². The van der Waals surface area contributed by atoms with Gasteiger partial charge in [-0.05, 0) is 0 Å². The number of imidazole rings is 1. The number of ether oxygens (including phenoxy) is 2. The van der Waals surface area contributed by atoms with E-state index in [0.29, 0.717) is 19.0 Å². The van der Waals surface area contributed by atoms with Gasteiger partial charge in [0.1, 0.15) is 17.3 Å². The summed E-state index contributed by atoms with van der Waals surface area (Å²) < 4.78 is 12.4. The molecule has 2 unspecified atom stereocenters. The van der Waals surface area contributed by atoms with E-state index in [9.17, 15) is 15.0 Å². The number of rotatable bonds is 6. The summed E-state index contributed by atoms with van der Waals surface area (Å²) in [6, 6.07) is 0. The second kappa shape index (κ2) is 7.25. The first-order chi connectivity index (χ1) is 11.6. The lowest BCUT2D eigenvalue weighted by molar-refractivity contribution is -0.0558. The van der Waals surface area contributed by atoms with E-state index >= 15 is 0 Å². The molecule has 1 saturated heterocycles. The highest BCUT2D eigenvalue weighted by molar-refractivity contribution is 8.00. The fourth-order valence-electron chi connectivity index (χ4n) is 2.80. The number of aromatic nitrogens is 2. The van der Waals surface area contributed by atoms with Crippen LogP contribution in [0.25, 0.3) is 0 Å². The number of anilines is 1. The van der Waals surface area contributed by atoms with E-state index in [1.54, 1.807) is 11.7 Å². The molecule has 134 valence electrons. The van der Waals surface area contributed by atoms with E-state index in [1.807, 2.05) is 0 Å². The highest BCUT2D eigenvalue weighted by Gasteiger charge is 2.46. The Balaban J connectivity index is 1.87.